The van der Waals surface area contributed by atoms with Crippen LogP contribution in [0.15, 0.2) is 27.4 Å². The number of H-pyrrole nitrogens is 1. The van der Waals surface area contributed by atoms with Crippen molar-refractivity contribution >= 4 is 6.03 Å². The second-order valence-corrected chi connectivity index (χ2v) is 5.44. The zero-order valence-corrected chi connectivity index (χ0v) is 13.2. The number of aromatic nitrogens is 1. The zero-order valence-electron chi connectivity index (χ0n) is 13.2. The van der Waals surface area contributed by atoms with Gasteiger partial charge in [-0.05, 0) is 51.5 Å². The number of carbonyl (C=O) groups excluding carboxylic acids is 1. The molecule has 0 radical (unpaired) electrons. The van der Waals surface area contributed by atoms with Gasteiger partial charge in [-0.1, -0.05) is 0 Å². The van der Waals surface area contributed by atoms with Gasteiger partial charge in [-0.2, -0.15) is 0 Å². The summed E-state index contributed by atoms with van der Waals surface area (Å²) in [7, 11) is 0. The van der Waals surface area contributed by atoms with Crippen molar-refractivity contribution in [3.8, 4) is 0 Å². The van der Waals surface area contributed by atoms with E-state index < -0.39 is 0 Å². The van der Waals surface area contributed by atoms with Crippen molar-refractivity contribution in [1.82, 2.24) is 15.6 Å². The third kappa shape index (κ3) is 3.78. The number of rotatable bonds is 4. The average Bonchev–Trinajstić information content (AvgIpc) is 2.84. The van der Waals surface area contributed by atoms with Crippen LogP contribution in [0.1, 0.15) is 41.3 Å². The van der Waals surface area contributed by atoms with Crippen molar-refractivity contribution < 1.29 is 9.21 Å². The maximum Gasteiger partial charge on any atom is 0.315 e. The van der Waals surface area contributed by atoms with Crippen LogP contribution >= 0.6 is 0 Å². The van der Waals surface area contributed by atoms with Crippen LogP contribution in [0.2, 0.25) is 0 Å². The highest BCUT2D eigenvalue weighted by Crippen LogP contribution is 2.15. The molecule has 2 aromatic rings. The minimum Gasteiger partial charge on any atom is -0.464 e. The van der Waals surface area contributed by atoms with Crippen molar-refractivity contribution in [2.45, 2.75) is 40.3 Å². The van der Waals surface area contributed by atoms with E-state index in [0.29, 0.717) is 11.3 Å². The van der Waals surface area contributed by atoms with Crippen LogP contribution in [0.5, 0.6) is 0 Å². The lowest BCUT2D eigenvalue weighted by Gasteiger charge is -2.13. The highest BCUT2D eigenvalue weighted by molar-refractivity contribution is 5.74. The maximum absolute atomic E-state index is 11.9. The number of amides is 2. The predicted octanol–water partition coefficient (Wildman–Crippen LogP) is 2.45. The Morgan fingerprint density at radius 3 is 2.64 bits per heavy atom. The summed E-state index contributed by atoms with van der Waals surface area (Å²) in [5, 5.41) is 5.47. The van der Waals surface area contributed by atoms with Crippen LogP contribution < -0.4 is 16.2 Å². The molecule has 22 heavy (non-hydrogen) atoms. The number of aromatic amines is 1. The number of pyridine rings is 1. The lowest BCUT2D eigenvalue weighted by molar-refractivity contribution is 0.235. The van der Waals surface area contributed by atoms with E-state index in [4.69, 9.17) is 4.42 Å². The second-order valence-electron chi connectivity index (χ2n) is 5.44. The molecule has 3 N–H and O–H groups in total. The summed E-state index contributed by atoms with van der Waals surface area (Å²) in [5.74, 6) is 1.49. The van der Waals surface area contributed by atoms with Crippen molar-refractivity contribution in [2.24, 2.45) is 0 Å². The summed E-state index contributed by atoms with van der Waals surface area (Å²) < 4.78 is 5.46. The van der Waals surface area contributed by atoms with E-state index in [1.54, 1.807) is 0 Å². The number of nitrogens with one attached hydrogen (secondary N) is 3. The number of hydrogen-bond donors (Lipinski definition) is 3. The van der Waals surface area contributed by atoms with Gasteiger partial charge in [-0.25, -0.2) is 4.79 Å². The fourth-order valence-electron chi connectivity index (χ4n) is 2.27. The molecule has 0 bridgehead atoms. The molecule has 0 saturated heterocycles. The summed E-state index contributed by atoms with van der Waals surface area (Å²) >= 11 is 0. The average molecular weight is 303 g/mol. The Balaban J connectivity index is 1.95. The largest absolute Gasteiger partial charge is 0.464 e. The van der Waals surface area contributed by atoms with E-state index in [0.717, 1.165) is 17.0 Å². The third-order valence-corrected chi connectivity index (χ3v) is 3.46. The number of carbonyl (C=O) groups is 1. The van der Waals surface area contributed by atoms with E-state index >= 15 is 0 Å². The van der Waals surface area contributed by atoms with Gasteiger partial charge in [0.15, 0.2) is 0 Å². The molecular weight excluding hydrogens is 282 g/mol. The lowest BCUT2D eigenvalue weighted by atomic mass is 10.1. The first-order chi connectivity index (χ1) is 10.4. The van der Waals surface area contributed by atoms with Crippen molar-refractivity contribution in [1.29, 1.82) is 0 Å². The Bertz CT molecular complexity index is 730. The van der Waals surface area contributed by atoms with Gasteiger partial charge in [0.25, 0.3) is 5.56 Å². The first-order valence-electron chi connectivity index (χ1n) is 7.17. The Morgan fingerprint density at radius 1 is 1.32 bits per heavy atom. The first-order valence-corrected chi connectivity index (χ1v) is 7.17. The fraction of sp³-hybridized carbons (Fsp3) is 0.375. The van der Waals surface area contributed by atoms with E-state index in [1.807, 2.05) is 45.9 Å². The van der Waals surface area contributed by atoms with Gasteiger partial charge in [0.2, 0.25) is 0 Å². The lowest BCUT2D eigenvalue weighted by Crippen LogP contribution is -2.37. The quantitative estimate of drug-likeness (QED) is 0.810. The molecule has 2 heterocycles. The number of urea groups is 1. The molecule has 0 fully saturated rings. The minimum atomic E-state index is -0.346. The van der Waals surface area contributed by atoms with E-state index in [-0.39, 0.29) is 24.2 Å². The van der Waals surface area contributed by atoms with Crippen LogP contribution in [0.3, 0.4) is 0 Å². The van der Waals surface area contributed by atoms with Crippen molar-refractivity contribution in [3.05, 3.63) is 56.9 Å². The smallest absolute Gasteiger partial charge is 0.315 e. The number of aryl methyl sites for hydroxylation is 3. The maximum atomic E-state index is 11.9. The van der Waals surface area contributed by atoms with Crippen LogP contribution in [0.4, 0.5) is 4.79 Å². The van der Waals surface area contributed by atoms with E-state index in [2.05, 4.69) is 15.6 Å². The molecule has 2 amide bonds. The van der Waals surface area contributed by atoms with Gasteiger partial charge >= 0.3 is 6.03 Å². The molecule has 0 spiro atoms. The highest BCUT2D eigenvalue weighted by Gasteiger charge is 2.13. The molecule has 0 aliphatic carbocycles. The molecule has 118 valence electrons. The Hall–Kier alpha value is -2.50. The zero-order chi connectivity index (χ0) is 16.3. The summed E-state index contributed by atoms with van der Waals surface area (Å²) in [4.78, 5) is 26.5. The first kappa shape index (κ1) is 15.9. The van der Waals surface area contributed by atoms with Crippen LogP contribution in [-0.4, -0.2) is 11.0 Å². The third-order valence-electron chi connectivity index (χ3n) is 3.46. The Kier molecular flexibility index (Phi) is 4.70. The van der Waals surface area contributed by atoms with Crippen molar-refractivity contribution in [2.75, 3.05) is 0 Å². The Morgan fingerprint density at radius 2 is 2.05 bits per heavy atom. The standard InChI is InChI=1S/C16H21N3O3/c1-9-7-10(2)18-15(20)13(9)8-17-16(21)19-12(4)14-6-5-11(3)22-14/h5-7,12H,8H2,1-4H3,(H,18,20)(H2,17,19,21)/t12-/m0/s1. The monoisotopic (exact) mass is 303 g/mol. The molecule has 6 heteroatoms. The summed E-state index contributed by atoms with van der Waals surface area (Å²) in [6.45, 7) is 7.54. The van der Waals surface area contributed by atoms with Crippen LogP contribution in [0, 0.1) is 20.8 Å². The van der Waals surface area contributed by atoms with Crippen LogP contribution in [0.25, 0.3) is 0 Å². The molecule has 0 aliphatic rings. The molecule has 0 unspecified atom stereocenters. The summed E-state index contributed by atoms with van der Waals surface area (Å²) in [6.07, 6.45) is 0. The predicted molar refractivity (Wildman–Crippen MR) is 83.8 cm³/mol. The van der Waals surface area contributed by atoms with Gasteiger partial charge in [0.1, 0.15) is 11.5 Å². The number of furan rings is 1. The fourth-order valence-corrected chi connectivity index (χ4v) is 2.27. The van der Waals surface area contributed by atoms with E-state index in [9.17, 15) is 9.59 Å². The molecular formula is C16H21N3O3. The summed E-state index contributed by atoms with van der Waals surface area (Å²) in [6, 6.07) is 4.97. The molecule has 0 aliphatic heterocycles. The topological polar surface area (TPSA) is 87.1 Å². The van der Waals surface area contributed by atoms with E-state index in [1.165, 1.54) is 0 Å². The van der Waals surface area contributed by atoms with Gasteiger partial charge in [-0.15, -0.1) is 0 Å². The second kappa shape index (κ2) is 6.51. The van der Waals surface area contributed by atoms with Gasteiger partial charge in [-0.3, -0.25) is 4.79 Å². The Labute approximate surface area is 128 Å². The van der Waals surface area contributed by atoms with Gasteiger partial charge < -0.3 is 20.0 Å². The minimum absolute atomic E-state index is 0.174. The number of hydrogen-bond acceptors (Lipinski definition) is 3. The highest BCUT2D eigenvalue weighted by atomic mass is 16.3. The molecule has 2 rings (SSSR count). The summed E-state index contributed by atoms with van der Waals surface area (Å²) in [5.41, 5.74) is 2.04. The molecule has 6 nitrogen and oxygen atoms in total. The molecule has 0 aromatic carbocycles. The van der Waals surface area contributed by atoms with Gasteiger partial charge in [0.05, 0.1) is 12.6 Å². The van der Waals surface area contributed by atoms with Gasteiger partial charge in [0, 0.05) is 11.3 Å². The molecule has 1 atom stereocenters. The SMILES string of the molecule is Cc1cc(C)c(CNC(=O)N[C@@H](C)c2ccc(C)o2)c(=O)[nH]1. The van der Waals surface area contributed by atoms with Crippen LogP contribution in [-0.2, 0) is 6.54 Å². The molecule has 0 saturated carbocycles. The normalized spacial score (nSPS) is 12.0. The molecule has 2 aromatic heterocycles. The van der Waals surface area contributed by atoms with Crippen molar-refractivity contribution in [3.63, 3.8) is 0 Å².